The molecule has 27 heavy (non-hydrogen) atoms. The molecule has 1 N–H and O–H groups in total. The average Bonchev–Trinajstić information content (AvgIpc) is 3.08. The number of piperidine rings is 1. The number of anilines is 1. The highest BCUT2D eigenvalue weighted by atomic mass is 16.2. The molecule has 0 saturated carbocycles. The van der Waals surface area contributed by atoms with Gasteiger partial charge in [-0.2, -0.15) is 5.10 Å². The summed E-state index contributed by atoms with van der Waals surface area (Å²) in [5.74, 6) is -0.205. The van der Waals surface area contributed by atoms with Gasteiger partial charge in [-0.25, -0.2) is 4.79 Å². The molecule has 2 aromatic heterocycles. The van der Waals surface area contributed by atoms with Crippen LogP contribution in [0.2, 0.25) is 0 Å². The van der Waals surface area contributed by atoms with Crippen molar-refractivity contribution in [3.63, 3.8) is 0 Å². The molecule has 4 rings (SSSR count). The predicted octanol–water partition coefficient (Wildman–Crippen LogP) is 3.10. The zero-order valence-corrected chi connectivity index (χ0v) is 15.1. The molecule has 138 valence electrons. The van der Waals surface area contributed by atoms with Crippen molar-refractivity contribution in [2.24, 2.45) is 13.0 Å². The molecule has 3 heterocycles. The quantitative estimate of drug-likeness (QED) is 0.725. The van der Waals surface area contributed by atoms with Gasteiger partial charge in [-0.1, -0.05) is 6.07 Å². The number of Topliss-reactive ketones (excluding diaryl/α,β-unsaturated/α-hetero) is 1. The highest BCUT2D eigenvalue weighted by Gasteiger charge is 2.29. The van der Waals surface area contributed by atoms with Gasteiger partial charge in [-0.05, 0) is 43.2 Å². The van der Waals surface area contributed by atoms with Gasteiger partial charge in [0.15, 0.2) is 5.78 Å². The Hall–Kier alpha value is -3.22. The second-order valence-electron chi connectivity index (χ2n) is 6.84. The molecule has 0 spiro atoms. The molecule has 0 radical (unpaired) electrons. The summed E-state index contributed by atoms with van der Waals surface area (Å²) in [6, 6.07) is 10.8. The van der Waals surface area contributed by atoms with E-state index in [4.69, 9.17) is 0 Å². The Balaban J connectivity index is 1.45. The lowest BCUT2D eigenvalue weighted by molar-refractivity contribution is 0.0846. The number of pyridine rings is 1. The Morgan fingerprint density at radius 3 is 2.93 bits per heavy atom. The third-order valence-corrected chi connectivity index (χ3v) is 5.00. The first-order valence-corrected chi connectivity index (χ1v) is 9.05. The molecule has 1 aliphatic heterocycles. The summed E-state index contributed by atoms with van der Waals surface area (Å²) in [7, 11) is 1.87. The van der Waals surface area contributed by atoms with E-state index in [0.717, 1.165) is 23.7 Å². The van der Waals surface area contributed by atoms with E-state index in [0.29, 0.717) is 24.5 Å². The number of ketones is 1. The number of urea groups is 1. The Morgan fingerprint density at radius 2 is 2.11 bits per heavy atom. The fraction of sp³-hybridized carbons (Fsp3) is 0.300. The maximum Gasteiger partial charge on any atom is 0.321 e. The molecule has 1 fully saturated rings. The highest BCUT2D eigenvalue weighted by molar-refractivity contribution is 5.97. The van der Waals surface area contributed by atoms with Crippen LogP contribution in [0.3, 0.4) is 0 Å². The van der Waals surface area contributed by atoms with Gasteiger partial charge in [0.2, 0.25) is 0 Å². The van der Waals surface area contributed by atoms with Crippen molar-refractivity contribution in [3.05, 3.63) is 54.5 Å². The first kappa shape index (κ1) is 17.2. The van der Waals surface area contributed by atoms with Crippen LogP contribution in [0.15, 0.2) is 48.8 Å². The van der Waals surface area contributed by atoms with Crippen molar-refractivity contribution in [2.75, 3.05) is 18.4 Å². The molecule has 1 atom stereocenters. The molecular weight excluding hydrogens is 342 g/mol. The predicted molar refractivity (Wildman–Crippen MR) is 103 cm³/mol. The van der Waals surface area contributed by atoms with Gasteiger partial charge in [-0.15, -0.1) is 0 Å². The smallest absolute Gasteiger partial charge is 0.321 e. The van der Waals surface area contributed by atoms with Crippen LogP contribution >= 0.6 is 0 Å². The summed E-state index contributed by atoms with van der Waals surface area (Å²) in [5.41, 5.74) is 2.13. The van der Waals surface area contributed by atoms with Crippen molar-refractivity contribution < 1.29 is 9.59 Å². The van der Waals surface area contributed by atoms with E-state index in [-0.39, 0.29) is 17.7 Å². The summed E-state index contributed by atoms with van der Waals surface area (Å²) >= 11 is 0. The molecule has 1 aromatic carbocycles. The van der Waals surface area contributed by atoms with E-state index in [2.05, 4.69) is 15.4 Å². The molecule has 1 saturated heterocycles. The van der Waals surface area contributed by atoms with Crippen LogP contribution in [0.25, 0.3) is 10.9 Å². The number of carbonyl (C=O) groups is 2. The highest BCUT2D eigenvalue weighted by Crippen LogP contribution is 2.22. The molecule has 7 heteroatoms. The number of aryl methyl sites for hydroxylation is 1. The average molecular weight is 363 g/mol. The van der Waals surface area contributed by atoms with E-state index < -0.39 is 0 Å². The molecule has 1 aliphatic rings. The fourth-order valence-electron chi connectivity index (χ4n) is 3.52. The monoisotopic (exact) mass is 363 g/mol. The number of benzene rings is 1. The van der Waals surface area contributed by atoms with Gasteiger partial charge in [0, 0.05) is 43.3 Å². The second-order valence-corrected chi connectivity index (χ2v) is 6.84. The number of aromatic nitrogens is 3. The maximum absolute atomic E-state index is 12.7. The lowest BCUT2D eigenvalue weighted by Crippen LogP contribution is -2.44. The Kier molecular flexibility index (Phi) is 4.58. The molecule has 0 bridgehead atoms. The summed E-state index contributed by atoms with van der Waals surface area (Å²) in [4.78, 5) is 31.2. The van der Waals surface area contributed by atoms with E-state index >= 15 is 0 Å². The van der Waals surface area contributed by atoms with Crippen molar-refractivity contribution in [2.45, 2.75) is 12.8 Å². The van der Waals surface area contributed by atoms with Crippen molar-refractivity contribution in [1.29, 1.82) is 0 Å². The number of hydrogen-bond acceptors (Lipinski definition) is 4. The molecule has 7 nitrogen and oxygen atoms in total. The molecule has 1 unspecified atom stereocenters. The Morgan fingerprint density at radius 1 is 1.22 bits per heavy atom. The lowest BCUT2D eigenvalue weighted by Gasteiger charge is -2.31. The van der Waals surface area contributed by atoms with Crippen molar-refractivity contribution >= 4 is 28.4 Å². The lowest BCUT2D eigenvalue weighted by atomic mass is 9.92. The van der Waals surface area contributed by atoms with Gasteiger partial charge in [0.1, 0.15) is 5.69 Å². The summed E-state index contributed by atoms with van der Waals surface area (Å²) in [6.45, 7) is 1.06. The van der Waals surface area contributed by atoms with Crippen LogP contribution in [0.5, 0.6) is 0 Å². The maximum atomic E-state index is 12.7. The van der Waals surface area contributed by atoms with Gasteiger partial charge < -0.3 is 10.2 Å². The summed E-state index contributed by atoms with van der Waals surface area (Å²) in [5, 5.41) is 8.18. The van der Waals surface area contributed by atoms with Crippen LogP contribution in [0.4, 0.5) is 10.5 Å². The second kappa shape index (κ2) is 7.19. The van der Waals surface area contributed by atoms with Crippen LogP contribution < -0.4 is 5.32 Å². The van der Waals surface area contributed by atoms with Gasteiger partial charge in [0.05, 0.1) is 11.7 Å². The molecule has 3 aromatic rings. The fourth-order valence-corrected chi connectivity index (χ4v) is 3.52. The number of likely N-dealkylation sites (tertiary alicyclic amines) is 1. The summed E-state index contributed by atoms with van der Waals surface area (Å²) in [6.07, 6.45) is 4.99. The van der Waals surface area contributed by atoms with Crippen molar-refractivity contribution in [1.82, 2.24) is 19.7 Å². The number of amides is 2. The van der Waals surface area contributed by atoms with Crippen molar-refractivity contribution in [3.8, 4) is 0 Å². The number of hydrogen-bond donors (Lipinski definition) is 1. The van der Waals surface area contributed by atoms with Crippen LogP contribution in [-0.4, -0.2) is 44.6 Å². The first-order chi connectivity index (χ1) is 13.1. The number of carbonyl (C=O) groups excluding carboxylic acids is 2. The number of nitrogens with zero attached hydrogens (tertiary/aromatic N) is 4. The third-order valence-electron chi connectivity index (χ3n) is 5.00. The van der Waals surface area contributed by atoms with Crippen LogP contribution in [-0.2, 0) is 7.05 Å². The summed E-state index contributed by atoms with van der Waals surface area (Å²) < 4.78 is 1.77. The largest absolute Gasteiger partial charge is 0.324 e. The topological polar surface area (TPSA) is 80.1 Å². The SMILES string of the molecule is Cn1ncc2ccc(NC(=O)N3CCCC(C(=O)c4ccccn4)C3)cc21. The normalized spacial score (nSPS) is 17.1. The zero-order chi connectivity index (χ0) is 18.8. The minimum absolute atomic E-state index is 0.00408. The number of nitrogens with one attached hydrogen (secondary N) is 1. The first-order valence-electron chi connectivity index (χ1n) is 9.05. The van der Waals surface area contributed by atoms with E-state index in [1.54, 1.807) is 34.1 Å². The third kappa shape index (κ3) is 3.53. The van der Waals surface area contributed by atoms with Gasteiger partial charge >= 0.3 is 6.03 Å². The molecule has 0 aliphatic carbocycles. The number of fused-ring (bicyclic) bond motifs is 1. The number of rotatable bonds is 3. The molecular formula is C20H21N5O2. The standard InChI is InChI=1S/C20H21N5O2/c1-24-18-11-16(8-7-14(18)12-22-24)23-20(27)25-10-4-5-15(13-25)19(26)17-6-2-3-9-21-17/h2-3,6-9,11-12,15H,4-5,10,13H2,1H3,(H,23,27). The Labute approximate surface area is 157 Å². The zero-order valence-electron chi connectivity index (χ0n) is 15.1. The van der Waals surface area contributed by atoms with E-state index in [1.807, 2.05) is 31.3 Å². The minimum atomic E-state index is -0.209. The Bertz CT molecular complexity index is 982. The van der Waals surface area contributed by atoms with E-state index in [1.165, 1.54) is 0 Å². The van der Waals surface area contributed by atoms with E-state index in [9.17, 15) is 9.59 Å². The van der Waals surface area contributed by atoms with Crippen LogP contribution in [0.1, 0.15) is 23.3 Å². The van der Waals surface area contributed by atoms with Crippen LogP contribution in [0, 0.1) is 5.92 Å². The van der Waals surface area contributed by atoms with Gasteiger partial charge in [0.25, 0.3) is 0 Å². The molecule has 2 amide bonds. The minimum Gasteiger partial charge on any atom is -0.324 e. The van der Waals surface area contributed by atoms with Gasteiger partial charge in [-0.3, -0.25) is 14.5 Å².